The average molecular weight is 405 g/mol. The maximum Gasteiger partial charge on any atom is 0.277 e. The number of benzene rings is 1. The van der Waals surface area contributed by atoms with Crippen LogP contribution in [-0.2, 0) is 0 Å². The van der Waals surface area contributed by atoms with Crippen LogP contribution >= 0.6 is 28.3 Å². The first-order valence-corrected chi connectivity index (χ1v) is 7.82. The van der Waals surface area contributed by atoms with E-state index in [1.165, 1.54) is 18.2 Å². The Morgan fingerprint density at radius 3 is 2.83 bits per heavy atom. The molecule has 1 fully saturated rings. The summed E-state index contributed by atoms with van der Waals surface area (Å²) < 4.78 is 15.2. The van der Waals surface area contributed by atoms with Crippen LogP contribution in [0.15, 0.2) is 28.9 Å². The summed E-state index contributed by atoms with van der Waals surface area (Å²) in [5, 5.41) is 13.9. The van der Waals surface area contributed by atoms with Crippen molar-refractivity contribution < 1.29 is 9.18 Å². The van der Waals surface area contributed by atoms with Crippen LogP contribution in [0.25, 0.3) is 0 Å². The molecule has 23 heavy (non-hydrogen) atoms. The second-order valence-corrected chi connectivity index (χ2v) is 6.00. The molecular formula is C14H16BrClFN5O. The van der Waals surface area contributed by atoms with E-state index in [4.69, 9.17) is 0 Å². The molecule has 0 unspecified atom stereocenters. The molecule has 2 heterocycles. The number of hydrogen-bond donors (Lipinski definition) is 2. The van der Waals surface area contributed by atoms with Gasteiger partial charge in [-0.3, -0.25) is 4.79 Å². The molecule has 1 aromatic carbocycles. The number of piperidine rings is 1. The summed E-state index contributed by atoms with van der Waals surface area (Å²) in [4.78, 5) is 12.2. The van der Waals surface area contributed by atoms with Gasteiger partial charge in [-0.05, 0) is 60.1 Å². The van der Waals surface area contributed by atoms with Crippen molar-refractivity contribution in [3.63, 3.8) is 0 Å². The molecule has 9 heteroatoms. The molecule has 2 N–H and O–H groups in total. The van der Waals surface area contributed by atoms with Gasteiger partial charge in [-0.25, -0.2) is 9.07 Å². The number of amides is 1. The third-order valence-electron chi connectivity index (χ3n) is 3.60. The zero-order valence-electron chi connectivity index (χ0n) is 12.1. The predicted octanol–water partition coefficient (Wildman–Crippen LogP) is 2.78. The highest BCUT2D eigenvalue weighted by Crippen LogP contribution is 2.21. The predicted molar refractivity (Wildman–Crippen MR) is 90.5 cm³/mol. The van der Waals surface area contributed by atoms with Gasteiger partial charge in [0.2, 0.25) is 0 Å². The average Bonchev–Trinajstić information content (AvgIpc) is 3.02. The van der Waals surface area contributed by atoms with E-state index in [9.17, 15) is 9.18 Å². The van der Waals surface area contributed by atoms with Crippen molar-refractivity contribution in [2.45, 2.75) is 18.9 Å². The quantitative estimate of drug-likeness (QED) is 0.825. The van der Waals surface area contributed by atoms with Crippen LogP contribution in [-0.4, -0.2) is 34.0 Å². The zero-order valence-corrected chi connectivity index (χ0v) is 14.5. The van der Waals surface area contributed by atoms with E-state index in [0.717, 1.165) is 25.9 Å². The third kappa shape index (κ3) is 4.27. The second-order valence-electron chi connectivity index (χ2n) is 5.15. The van der Waals surface area contributed by atoms with E-state index < -0.39 is 0 Å². The summed E-state index contributed by atoms with van der Waals surface area (Å²) in [5.74, 6) is -0.742. The topological polar surface area (TPSA) is 71.8 Å². The molecule has 0 spiro atoms. The van der Waals surface area contributed by atoms with Gasteiger partial charge in [0.1, 0.15) is 5.82 Å². The molecule has 1 aliphatic rings. The van der Waals surface area contributed by atoms with Gasteiger partial charge >= 0.3 is 0 Å². The number of nitrogens with one attached hydrogen (secondary N) is 2. The molecule has 0 bridgehead atoms. The van der Waals surface area contributed by atoms with Gasteiger partial charge in [0, 0.05) is 5.69 Å². The Kier molecular flexibility index (Phi) is 6.09. The van der Waals surface area contributed by atoms with Gasteiger partial charge < -0.3 is 10.6 Å². The van der Waals surface area contributed by atoms with Gasteiger partial charge in [0.15, 0.2) is 5.69 Å². The summed E-state index contributed by atoms with van der Waals surface area (Å²) >= 11 is 3.08. The van der Waals surface area contributed by atoms with Gasteiger partial charge in [-0.2, -0.15) is 0 Å². The molecule has 3 rings (SSSR count). The molecule has 0 saturated carbocycles. The maximum absolute atomic E-state index is 13.2. The number of aromatic nitrogens is 3. The number of halogens is 3. The summed E-state index contributed by atoms with van der Waals surface area (Å²) in [6.45, 7) is 1.88. The molecule has 0 aliphatic carbocycles. The fraction of sp³-hybridized carbons (Fsp3) is 0.357. The number of anilines is 1. The van der Waals surface area contributed by atoms with Crippen LogP contribution in [0.4, 0.5) is 10.1 Å². The highest BCUT2D eigenvalue weighted by Gasteiger charge is 2.18. The molecule has 1 saturated heterocycles. The summed E-state index contributed by atoms with van der Waals surface area (Å²) in [6, 6.07) is 4.56. The number of nitrogens with zero attached hydrogens (tertiary/aromatic N) is 3. The first-order chi connectivity index (χ1) is 10.6. The lowest BCUT2D eigenvalue weighted by molar-refractivity contribution is 0.102. The van der Waals surface area contributed by atoms with Crippen LogP contribution in [0.1, 0.15) is 29.4 Å². The first kappa shape index (κ1) is 17.8. The highest BCUT2D eigenvalue weighted by atomic mass is 79.9. The lowest BCUT2D eigenvalue weighted by Gasteiger charge is -2.22. The minimum atomic E-state index is -0.380. The van der Waals surface area contributed by atoms with E-state index in [0.29, 0.717) is 10.2 Å². The Morgan fingerprint density at radius 1 is 1.39 bits per heavy atom. The molecule has 6 nitrogen and oxygen atoms in total. The van der Waals surface area contributed by atoms with Crippen LogP contribution in [0, 0.1) is 5.82 Å². The van der Waals surface area contributed by atoms with E-state index in [1.54, 1.807) is 10.9 Å². The minimum Gasteiger partial charge on any atom is -0.321 e. The third-order valence-corrected chi connectivity index (χ3v) is 4.21. The second kappa shape index (κ2) is 7.85. The monoisotopic (exact) mass is 403 g/mol. The number of hydrogen-bond acceptors (Lipinski definition) is 4. The molecule has 1 aromatic heterocycles. The lowest BCUT2D eigenvalue weighted by atomic mass is 10.1. The minimum absolute atomic E-state index is 0. The van der Waals surface area contributed by atoms with E-state index in [2.05, 4.69) is 36.9 Å². The van der Waals surface area contributed by atoms with Crippen molar-refractivity contribution in [2.24, 2.45) is 0 Å². The molecule has 1 aliphatic heterocycles. The van der Waals surface area contributed by atoms with Crippen molar-refractivity contribution in [1.82, 2.24) is 20.3 Å². The van der Waals surface area contributed by atoms with Crippen LogP contribution in [0.2, 0.25) is 0 Å². The number of carbonyl (C=O) groups excluding carboxylic acids is 1. The Morgan fingerprint density at radius 2 is 2.13 bits per heavy atom. The summed E-state index contributed by atoms with van der Waals surface area (Å²) in [6.07, 6.45) is 3.59. The van der Waals surface area contributed by atoms with E-state index >= 15 is 0 Å². The normalized spacial score (nSPS) is 15.0. The standard InChI is InChI=1S/C14H15BrFN5O.ClH/c15-11-7-9(1-2-12(11)16)18-14(22)13-8-21(20-19-13)10-3-5-17-6-4-10;/h1-2,7-8,10,17H,3-6H2,(H,18,22);1H. The number of carbonyl (C=O) groups is 1. The number of rotatable bonds is 3. The summed E-state index contributed by atoms with van der Waals surface area (Å²) in [7, 11) is 0. The zero-order chi connectivity index (χ0) is 15.5. The molecule has 1 amide bonds. The Balaban J connectivity index is 0.00000192. The summed E-state index contributed by atoms with van der Waals surface area (Å²) in [5.41, 5.74) is 0.744. The van der Waals surface area contributed by atoms with Crippen LogP contribution < -0.4 is 10.6 Å². The SMILES string of the molecule is Cl.O=C(Nc1ccc(F)c(Br)c1)c1cn(C2CCNCC2)nn1. The Hall–Kier alpha value is -1.51. The molecule has 124 valence electrons. The highest BCUT2D eigenvalue weighted by molar-refractivity contribution is 9.10. The van der Waals surface area contributed by atoms with Gasteiger partial charge in [-0.1, -0.05) is 5.21 Å². The fourth-order valence-corrected chi connectivity index (χ4v) is 2.78. The van der Waals surface area contributed by atoms with Gasteiger partial charge in [-0.15, -0.1) is 17.5 Å². The van der Waals surface area contributed by atoms with Crippen LogP contribution in [0.5, 0.6) is 0 Å². The fourth-order valence-electron chi connectivity index (χ4n) is 2.40. The molecule has 0 radical (unpaired) electrons. The van der Waals surface area contributed by atoms with Gasteiger partial charge in [0.05, 0.1) is 16.7 Å². The van der Waals surface area contributed by atoms with Crippen molar-refractivity contribution >= 4 is 39.9 Å². The Bertz CT molecular complexity index is 690. The van der Waals surface area contributed by atoms with E-state index in [-0.39, 0.29) is 35.9 Å². The lowest BCUT2D eigenvalue weighted by Crippen LogP contribution is -2.29. The molecular weight excluding hydrogens is 389 g/mol. The van der Waals surface area contributed by atoms with Crippen molar-refractivity contribution in [3.8, 4) is 0 Å². The van der Waals surface area contributed by atoms with Crippen molar-refractivity contribution in [2.75, 3.05) is 18.4 Å². The maximum atomic E-state index is 13.2. The smallest absolute Gasteiger partial charge is 0.277 e. The van der Waals surface area contributed by atoms with Crippen molar-refractivity contribution in [3.05, 3.63) is 40.4 Å². The molecule has 2 aromatic rings. The van der Waals surface area contributed by atoms with Crippen LogP contribution in [0.3, 0.4) is 0 Å². The van der Waals surface area contributed by atoms with E-state index in [1.807, 2.05) is 0 Å². The Labute approximate surface area is 147 Å². The van der Waals surface area contributed by atoms with Crippen molar-refractivity contribution in [1.29, 1.82) is 0 Å². The largest absolute Gasteiger partial charge is 0.321 e. The van der Waals surface area contributed by atoms with Gasteiger partial charge in [0.25, 0.3) is 5.91 Å². The first-order valence-electron chi connectivity index (χ1n) is 7.02. The molecule has 0 atom stereocenters.